The highest BCUT2D eigenvalue weighted by Gasteiger charge is 2.39. The number of aromatic hydroxyl groups is 1. The van der Waals surface area contributed by atoms with Crippen LogP contribution in [0.3, 0.4) is 0 Å². The number of rotatable bonds is 5. The fourth-order valence-corrected chi connectivity index (χ4v) is 4.61. The first-order chi connectivity index (χ1) is 12.9. The molecule has 0 heterocycles. The molecule has 0 aliphatic heterocycles. The van der Waals surface area contributed by atoms with Crippen molar-refractivity contribution >= 4 is 7.60 Å². The molecule has 3 N–H and O–H groups in total. The number of fused-ring (bicyclic) bond motifs is 1. The van der Waals surface area contributed by atoms with E-state index in [1.165, 1.54) is 11.1 Å². The summed E-state index contributed by atoms with van der Waals surface area (Å²) < 4.78 is 16.5. The Labute approximate surface area is 166 Å². The average molecular weight is 404 g/mol. The highest BCUT2D eigenvalue weighted by atomic mass is 31.2. The third kappa shape index (κ3) is 4.12. The van der Waals surface area contributed by atoms with Gasteiger partial charge in [-0.15, -0.1) is 0 Å². The summed E-state index contributed by atoms with van der Waals surface area (Å²) in [5.41, 5.74) is 5.48. The lowest BCUT2D eigenvalue weighted by Crippen LogP contribution is -2.13. The molecule has 0 saturated heterocycles. The molecule has 3 rings (SSSR count). The third-order valence-electron chi connectivity index (χ3n) is 5.63. The van der Waals surface area contributed by atoms with Crippen molar-refractivity contribution < 1.29 is 24.2 Å². The van der Waals surface area contributed by atoms with Crippen molar-refractivity contribution in [2.75, 3.05) is 6.35 Å². The van der Waals surface area contributed by atoms with Crippen LogP contribution in [0.2, 0.25) is 0 Å². The number of phenolic OH excluding ortho intramolecular Hbond substituents is 1. The highest BCUT2D eigenvalue weighted by Crippen LogP contribution is 2.52. The molecular formula is C22H29O5P. The van der Waals surface area contributed by atoms with Crippen LogP contribution >= 0.6 is 7.60 Å². The van der Waals surface area contributed by atoms with Gasteiger partial charge in [-0.05, 0) is 70.7 Å². The van der Waals surface area contributed by atoms with E-state index in [2.05, 4.69) is 33.8 Å². The third-order valence-corrected chi connectivity index (χ3v) is 6.09. The minimum absolute atomic E-state index is 0.0951. The van der Waals surface area contributed by atoms with Gasteiger partial charge in [-0.2, -0.15) is 0 Å². The van der Waals surface area contributed by atoms with E-state index in [-0.39, 0.29) is 17.3 Å². The van der Waals surface area contributed by atoms with E-state index in [1.807, 2.05) is 25.1 Å². The van der Waals surface area contributed by atoms with Crippen molar-refractivity contribution in [3.8, 4) is 11.5 Å². The summed E-state index contributed by atoms with van der Waals surface area (Å²) in [5, 5.41) is 10.2. The summed E-state index contributed by atoms with van der Waals surface area (Å²) in [4.78, 5) is 18.2. The molecule has 0 spiro atoms. The van der Waals surface area contributed by atoms with Crippen molar-refractivity contribution in [3.63, 3.8) is 0 Å². The number of hydrogen-bond donors (Lipinski definition) is 3. The zero-order valence-electron chi connectivity index (χ0n) is 17.1. The molecule has 1 atom stereocenters. The van der Waals surface area contributed by atoms with Gasteiger partial charge in [0.2, 0.25) is 0 Å². The first-order valence-electron chi connectivity index (χ1n) is 9.54. The molecule has 1 aliphatic rings. The van der Waals surface area contributed by atoms with Crippen molar-refractivity contribution in [1.82, 2.24) is 0 Å². The van der Waals surface area contributed by atoms with Gasteiger partial charge >= 0.3 is 7.60 Å². The van der Waals surface area contributed by atoms with Gasteiger partial charge in [0.25, 0.3) is 0 Å². The fourth-order valence-electron chi connectivity index (χ4n) is 4.29. The molecule has 2 aromatic carbocycles. The summed E-state index contributed by atoms with van der Waals surface area (Å²) in [7, 11) is -4.22. The Bertz CT molecular complexity index is 942. The Kier molecular flexibility index (Phi) is 5.39. The van der Waals surface area contributed by atoms with Crippen LogP contribution in [0.5, 0.6) is 11.5 Å². The maximum absolute atomic E-state index is 11.2. The summed E-state index contributed by atoms with van der Waals surface area (Å²) >= 11 is 0. The van der Waals surface area contributed by atoms with Gasteiger partial charge in [-0.3, -0.25) is 4.57 Å². The molecule has 28 heavy (non-hydrogen) atoms. The number of phenols is 1. The summed E-state index contributed by atoms with van der Waals surface area (Å²) in [6.45, 7) is 10.5. The molecule has 5 nitrogen and oxygen atoms in total. The second-order valence-corrected chi connectivity index (χ2v) is 10.3. The first kappa shape index (κ1) is 20.9. The van der Waals surface area contributed by atoms with Gasteiger partial charge in [-0.25, -0.2) is 0 Å². The normalized spacial score (nSPS) is 18.4. The van der Waals surface area contributed by atoms with Gasteiger partial charge in [0.05, 0.1) is 0 Å². The van der Waals surface area contributed by atoms with Crippen LogP contribution in [-0.2, 0) is 9.98 Å². The van der Waals surface area contributed by atoms with Crippen LogP contribution in [0.4, 0.5) is 0 Å². The predicted molar refractivity (Wildman–Crippen MR) is 110 cm³/mol. The Balaban J connectivity index is 2.04. The minimum Gasteiger partial charge on any atom is -0.508 e. The quantitative estimate of drug-likeness (QED) is 0.600. The highest BCUT2D eigenvalue weighted by molar-refractivity contribution is 7.51. The van der Waals surface area contributed by atoms with Gasteiger partial charge in [-0.1, -0.05) is 39.8 Å². The van der Waals surface area contributed by atoms with E-state index in [1.54, 1.807) is 6.07 Å². The number of benzene rings is 2. The van der Waals surface area contributed by atoms with Crippen molar-refractivity contribution in [2.45, 2.75) is 58.3 Å². The lowest BCUT2D eigenvalue weighted by atomic mass is 9.84. The second kappa shape index (κ2) is 7.22. The molecule has 6 heteroatoms. The van der Waals surface area contributed by atoms with Crippen LogP contribution in [0.1, 0.15) is 73.8 Å². The van der Waals surface area contributed by atoms with Crippen LogP contribution in [0, 0.1) is 6.92 Å². The van der Waals surface area contributed by atoms with Crippen molar-refractivity contribution in [2.24, 2.45) is 0 Å². The largest absolute Gasteiger partial charge is 0.508 e. The van der Waals surface area contributed by atoms with E-state index in [4.69, 9.17) is 14.5 Å². The van der Waals surface area contributed by atoms with Crippen molar-refractivity contribution in [3.05, 3.63) is 58.1 Å². The molecule has 152 valence electrons. The minimum atomic E-state index is -4.22. The van der Waals surface area contributed by atoms with Gasteiger partial charge < -0.3 is 19.6 Å². The molecule has 0 saturated carbocycles. The summed E-state index contributed by atoms with van der Waals surface area (Å²) in [6, 6.07) is 9.65. The predicted octanol–water partition coefficient (Wildman–Crippen LogP) is 5.15. The SMILES string of the molecule is Cc1cc(OCP(=O)(O)O)cc2c1C(c1ccc(O)c(C(C)C)c1)CC2(C)C. The van der Waals surface area contributed by atoms with E-state index in [0.717, 1.165) is 23.1 Å². The smallest absolute Gasteiger partial charge is 0.362 e. The molecule has 2 aromatic rings. The summed E-state index contributed by atoms with van der Waals surface area (Å²) in [5.74, 6) is 1.26. The lowest BCUT2D eigenvalue weighted by Gasteiger charge is -2.20. The zero-order chi connectivity index (χ0) is 20.9. The van der Waals surface area contributed by atoms with Crippen LogP contribution < -0.4 is 4.74 Å². The van der Waals surface area contributed by atoms with Crippen LogP contribution in [0.25, 0.3) is 0 Å². The molecule has 0 aromatic heterocycles. The number of ether oxygens (including phenoxy) is 1. The van der Waals surface area contributed by atoms with Gasteiger partial charge in [0.1, 0.15) is 11.5 Å². The standard InChI is InChI=1S/C22H29O5P/c1-13(2)17-9-15(6-7-20(17)23)18-11-22(4,5)19-10-16(8-14(3)21(18)19)27-12-28(24,25)26/h6-10,13,18,23H,11-12H2,1-5H3,(H2,24,25,26). The Hall–Kier alpha value is -1.81. The Morgan fingerprint density at radius 3 is 2.50 bits per heavy atom. The fraction of sp³-hybridized carbons (Fsp3) is 0.455. The topological polar surface area (TPSA) is 87.0 Å². The van der Waals surface area contributed by atoms with E-state index in [9.17, 15) is 9.67 Å². The molecule has 0 bridgehead atoms. The van der Waals surface area contributed by atoms with Crippen LogP contribution in [0.15, 0.2) is 30.3 Å². The second-order valence-electron chi connectivity index (χ2n) is 8.75. The van der Waals surface area contributed by atoms with Gasteiger partial charge in [0.15, 0.2) is 6.35 Å². The van der Waals surface area contributed by atoms with E-state index < -0.39 is 13.9 Å². The van der Waals surface area contributed by atoms with Crippen LogP contribution in [-0.4, -0.2) is 21.2 Å². The summed E-state index contributed by atoms with van der Waals surface area (Å²) in [6.07, 6.45) is 0.304. The molecule has 1 aliphatic carbocycles. The molecule has 0 fully saturated rings. The molecular weight excluding hydrogens is 375 g/mol. The Morgan fingerprint density at radius 2 is 1.89 bits per heavy atom. The molecule has 0 amide bonds. The zero-order valence-corrected chi connectivity index (χ0v) is 18.0. The molecule has 0 radical (unpaired) electrons. The monoisotopic (exact) mass is 404 g/mol. The molecule has 1 unspecified atom stereocenters. The maximum atomic E-state index is 11.2. The number of aryl methyl sites for hydroxylation is 1. The Morgan fingerprint density at radius 1 is 1.21 bits per heavy atom. The van der Waals surface area contributed by atoms with E-state index >= 15 is 0 Å². The van der Waals surface area contributed by atoms with E-state index in [0.29, 0.717) is 11.5 Å². The average Bonchev–Trinajstić information content (AvgIpc) is 2.84. The van der Waals surface area contributed by atoms with Crippen molar-refractivity contribution in [1.29, 1.82) is 0 Å². The lowest BCUT2D eigenvalue weighted by molar-refractivity contribution is 0.300. The van der Waals surface area contributed by atoms with Gasteiger partial charge in [0, 0.05) is 5.92 Å². The number of hydrogen-bond acceptors (Lipinski definition) is 3. The maximum Gasteiger partial charge on any atom is 0.362 e. The first-order valence-corrected chi connectivity index (χ1v) is 11.3.